The summed E-state index contributed by atoms with van der Waals surface area (Å²) in [5, 5.41) is 24.2. The highest BCUT2D eigenvalue weighted by Crippen LogP contribution is 2.45. The Labute approximate surface area is 169 Å². The quantitative estimate of drug-likeness (QED) is 0.552. The molecule has 3 rings (SSSR count). The summed E-state index contributed by atoms with van der Waals surface area (Å²) in [4.78, 5) is 25.1. The Morgan fingerprint density at radius 3 is 2.47 bits per heavy atom. The fourth-order valence-electron chi connectivity index (χ4n) is 3.39. The summed E-state index contributed by atoms with van der Waals surface area (Å²) in [5.74, 6) is -3.49. The fourth-order valence-corrected chi connectivity index (χ4v) is 3.39. The first-order valence-corrected chi connectivity index (χ1v) is 9.01. The fraction of sp³-hybridized carbons (Fsp3) is 0.300. The van der Waals surface area contributed by atoms with Crippen molar-refractivity contribution in [1.29, 1.82) is 0 Å². The molecule has 0 spiro atoms. The Morgan fingerprint density at radius 2 is 1.87 bits per heavy atom. The number of phenols is 1. The summed E-state index contributed by atoms with van der Waals surface area (Å²) in [6, 6.07) is 7.93. The van der Waals surface area contributed by atoms with Crippen LogP contribution in [0.4, 0.5) is 18.0 Å². The highest BCUT2D eigenvalue weighted by molar-refractivity contribution is 6.00. The van der Waals surface area contributed by atoms with Crippen LogP contribution in [0.1, 0.15) is 28.9 Å². The van der Waals surface area contributed by atoms with Crippen LogP contribution >= 0.6 is 0 Å². The lowest BCUT2D eigenvalue weighted by molar-refractivity contribution is -0.287. The predicted molar refractivity (Wildman–Crippen MR) is 99.0 cm³/mol. The van der Waals surface area contributed by atoms with Crippen LogP contribution in [-0.2, 0) is 0 Å². The molecule has 0 aliphatic carbocycles. The SMILES string of the molecule is CCOc1cc(C2NC(=O)NC(O)(C(F)(F)F)C2C(=O)c2ccccc2)ccc1O. The summed E-state index contributed by atoms with van der Waals surface area (Å²) < 4.78 is 46.9. The molecule has 7 nitrogen and oxygen atoms in total. The number of ether oxygens (including phenoxy) is 1. The van der Waals surface area contributed by atoms with Crippen molar-refractivity contribution < 1.29 is 37.7 Å². The van der Waals surface area contributed by atoms with Gasteiger partial charge < -0.3 is 25.6 Å². The van der Waals surface area contributed by atoms with Gasteiger partial charge in [0.2, 0.25) is 5.72 Å². The topological polar surface area (TPSA) is 108 Å². The number of carbonyl (C=O) groups excluding carboxylic acids is 2. The van der Waals surface area contributed by atoms with Crippen molar-refractivity contribution >= 4 is 11.8 Å². The van der Waals surface area contributed by atoms with E-state index in [9.17, 15) is 33.0 Å². The zero-order valence-corrected chi connectivity index (χ0v) is 15.7. The standard InChI is InChI=1S/C20H19F3N2O5/c1-2-30-14-10-12(8-9-13(14)26)16-15(17(27)11-6-4-3-5-7-11)19(29,20(21,22)23)25-18(28)24-16/h3-10,15-16,26,29H,2H2,1H3,(H2,24,25,28). The second-order valence-electron chi connectivity index (χ2n) is 6.71. The van der Waals surface area contributed by atoms with E-state index in [-0.39, 0.29) is 29.2 Å². The number of aromatic hydroxyl groups is 1. The molecule has 160 valence electrons. The first-order valence-electron chi connectivity index (χ1n) is 9.01. The van der Waals surface area contributed by atoms with E-state index in [0.717, 1.165) is 0 Å². The number of amides is 2. The van der Waals surface area contributed by atoms with Crippen molar-refractivity contribution in [1.82, 2.24) is 10.6 Å². The third kappa shape index (κ3) is 3.78. The molecular formula is C20H19F3N2O5. The number of Topliss-reactive ketones (excluding diaryl/α,β-unsaturated/α-hetero) is 1. The molecule has 1 heterocycles. The van der Waals surface area contributed by atoms with Crippen LogP contribution in [0, 0.1) is 5.92 Å². The highest BCUT2D eigenvalue weighted by Gasteiger charge is 2.66. The molecule has 4 N–H and O–H groups in total. The third-order valence-corrected chi connectivity index (χ3v) is 4.79. The summed E-state index contributed by atoms with van der Waals surface area (Å²) >= 11 is 0. The van der Waals surface area contributed by atoms with Gasteiger partial charge in [0.15, 0.2) is 17.3 Å². The normalized spacial score (nSPS) is 24.0. The van der Waals surface area contributed by atoms with Gasteiger partial charge in [-0.15, -0.1) is 0 Å². The Balaban J connectivity index is 2.17. The number of urea groups is 1. The molecule has 0 saturated carbocycles. The van der Waals surface area contributed by atoms with Crippen LogP contribution in [0.5, 0.6) is 11.5 Å². The molecule has 0 aromatic heterocycles. The minimum Gasteiger partial charge on any atom is -0.504 e. The van der Waals surface area contributed by atoms with Crippen molar-refractivity contribution in [2.75, 3.05) is 6.61 Å². The molecule has 2 amide bonds. The summed E-state index contributed by atoms with van der Waals surface area (Å²) in [5.41, 5.74) is -3.85. The Hall–Kier alpha value is -3.27. The van der Waals surface area contributed by atoms with Crippen LogP contribution in [-0.4, -0.2) is 40.5 Å². The summed E-state index contributed by atoms with van der Waals surface area (Å²) in [6.07, 6.45) is -5.35. The third-order valence-electron chi connectivity index (χ3n) is 4.79. The number of phenolic OH excluding ortho intramolecular Hbond substituents is 1. The number of hydrogen-bond donors (Lipinski definition) is 4. The summed E-state index contributed by atoms with van der Waals surface area (Å²) in [6.45, 7) is 1.80. The molecule has 1 aliphatic rings. The zero-order chi connectivity index (χ0) is 22.1. The Bertz CT molecular complexity index is 951. The Kier molecular flexibility index (Phi) is 5.62. The van der Waals surface area contributed by atoms with Crippen LogP contribution in [0.2, 0.25) is 0 Å². The molecule has 10 heteroatoms. The zero-order valence-electron chi connectivity index (χ0n) is 15.7. The number of hydrogen-bond acceptors (Lipinski definition) is 5. The minimum absolute atomic E-state index is 0.0377. The Morgan fingerprint density at radius 1 is 1.20 bits per heavy atom. The van der Waals surface area contributed by atoms with Crippen LogP contribution in [0.3, 0.4) is 0 Å². The van der Waals surface area contributed by atoms with E-state index in [1.807, 2.05) is 0 Å². The van der Waals surface area contributed by atoms with E-state index in [1.54, 1.807) is 13.0 Å². The number of alkyl halides is 3. The molecular weight excluding hydrogens is 405 g/mol. The number of nitrogens with one attached hydrogen (secondary N) is 2. The van der Waals surface area contributed by atoms with E-state index >= 15 is 0 Å². The average Bonchev–Trinajstić information content (AvgIpc) is 2.68. The molecule has 1 fully saturated rings. The predicted octanol–water partition coefficient (Wildman–Crippen LogP) is 2.89. The lowest BCUT2D eigenvalue weighted by Crippen LogP contribution is -2.72. The maximum absolute atomic E-state index is 13.9. The van der Waals surface area contributed by atoms with Gasteiger partial charge in [0.1, 0.15) is 5.92 Å². The molecule has 2 aromatic carbocycles. The van der Waals surface area contributed by atoms with Gasteiger partial charge in [0, 0.05) is 5.56 Å². The number of rotatable bonds is 5. The number of aliphatic hydroxyl groups is 1. The second-order valence-corrected chi connectivity index (χ2v) is 6.71. The van der Waals surface area contributed by atoms with Crippen molar-refractivity contribution in [2.24, 2.45) is 5.92 Å². The number of carbonyl (C=O) groups is 2. The van der Waals surface area contributed by atoms with Crippen LogP contribution in [0.25, 0.3) is 0 Å². The van der Waals surface area contributed by atoms with Crippen molar-refractivity contribution in [3.63, 3.8) is 0 Å². The van der Waals surface area contributed by atoms with E-state index in [1.165, 1.54) is 47.8 Å². The monoisotopic (exact) mass is 424 g/mol. The molecule has 3 unspecified atom stereocenters. The lowest BCUT2D eigenvalue weighted by atomic mass is 9.77. The lowest BCUT2D eigenvalue weighted by Gasteiger charge is -2.45. The van der Waals surface area contributed by atoms with Crippen molar-refractivity contribution in [3.05, 3.63) is 59.7 Å². The molecule has 0 radical (unpaired) electrons. The van der Waals surface area contributed by atoms with Crippen LogP contribution in [0.15, 0.2) is 48.5 Å². The molecule has 3 atom stereocenters. The largest absolute Gasteiger partial charge is 0.504 e. The molecule has 1 saturated heterocycles. The van der Waals surface area contributed by atoms with Gasteiger partial charge in [-0.05, 0) is 24.6 Å². The van der Waals surface area contributed by atoms with E-state index in [0.29, 0.717) is 0 Å². The average molecular weight is 424 g/mol. The van der Waals surface area contributed by atoms with Gasteiger partial charge in [-0.1, -0.05) is 36.4 Å². The molecule has 1 aliphatic heterocycles. The number of halogens is 3. The minimum atomic E-state index is -5.35. The van der Waals surface area contributed by atoms with Gasteiger partial charge in [-0.25, -0.2) is 4.79 Å². The van der Waals surface area contributed by atoms with Gasteiger partial charge >= 0.3 is 12.2 Å². The van der Waals surface area contributed by atoms with Gasteiger partial charge in [0.05, 0.1) is 12.6 Å². The maximum Gasteiger partial charge on any atom is 0.437 e. The van der Waals surface area contributed by atoms with Gasteiger partial charge in [-0.2, -0.15) is 13.2 Å². The van der Waals surface area contributed by atoms with Gasteiger partial charge in [0.25, 0.3) is 0 Å². The first-order chi connectivity index (χ1) is 14.1. The smallest absolute Gasteiger partial charge is 0.437 e. The van der Waals surface area contributed by atoms with Crippen molar-refractivity contribution in [3.8, 4) is 11.5 Å². The van der Waals surface area contributed by atoms with Gasteiger partial charge in [-0.3, -0.25) is 4.79 Å². The molecule has 2 aromatic rings. The number of ketones is 1. The number of benzene rings is 2. The first kappa shape index (κ1) is 21.4. The van der Waals surface area contributed by atoms with E-state index < -0.39 is 35.7 Å². The maximum atomic E-state index is 13.9. The van der Waals surface area contributed by atoms with E-state index in [2.05, 4.69) is 5.32 Å². The second kappa shape index (κ2) is 7.86. The van der Waals surface area contributed by atoms with Crippen molar-refractivity contribution in [2.45, 2.75) is 24.9 Å². The summed E-state index contributed by atoms with van der Waals surface area (Å²) in [7, 11) is 0. The molecule has 30 heavy (non-hydrogen) atoms. The molecule has 0 bridgehead atoms. The van der Waals surface area contributed by atoms with Crippen LogP contribution < -0.4 is 15.4 Å². The van der Waals surface area contributed by atoms with E-state index in [4.69, 9.17) is 4.74 Å². The highest BCUT2D eigenvalue weighted by atomic mass is 19.4.